The highest BCUT2D eigenvalue weighted by Gasteiger charge is 2.21. The molecule has 0 radical (unpaired) electrons. The number of benzene rings is 1. The SMILES string of the molecule is Cc1oc(CNC2CCOc3ccccc32)cc1C(=O)O. The second-order valence-corrected chi connectivity index (χ2v) is 5.10. The number of fused-ring (bicyclic) bond motifs is 1. The second kappa shape index (κ2) is 5.61. The molecule has 1 aromatic heterocycles. The monoisotopic (exact) mass is 287 g/mol. The van der Waals surface area contributed by atoms with Gasteiger partial charge in [-0.1, -0.05) is 18.2 Å². The number of aromatic carboxylic acids is 1. The van der Waals surface area contributed by atoms with Crippen LogP contribution in [0.1, 0.15) is 39.9 Å². The van der Waals surface area contributed by atoms with Crippen molar-refractivity contribution in [3.05, 3.63) is 53.0 Å². The number of para-hydroxylation sites is 1. The molecule has 0 saturated carbocycles. The topological polar surface area (TPSA) is 71.7 Å². The quantitative estimate of drug-likeness (QED) is 0.904. The molecule has 1 aromatic carbocycles. The fraction of sp³-hybridized carbons (Fsp3) is 0.312. The standard InChI is InChI=1S/C16H17NO4/c1-10-13(16(18)19)8-11(21-10)9-17-14-6-7-20-15-5-3-2-4-12(14)15/h2-5,8,14,17H,6-7,9H2,1H3,(H,18,19). The largest absolute Gasteiger partial charge is 0.493 e. The molecule has 2 aromatic rings. The molecule has 3 rings (SSSR count). The average molecular weight is 287 g/mol. The van der Waals surface area contributed by atoms with Crippen LogP contribution in [0.4, 0.5) is 0 Å². The molecule has 0 bridgehead atoms. The Labute approximate surface area is 122 Å². The van der Waals surface area contributed by atoms with E-state index in [1.54, 1.807) is 13.0 Å². The van der Waals surface area contributed by atoms with E-state index in [2.05, 4.69) is 5.32 Å². The number of nitrogens with one attached hydrogen (secondary N) is 1. The third kappa shape index (κ3) is 2.78. The van der Waals surface area contributed by atoms with Gasteiger partial charge in [0.25, 0.3) is 0 Å². The summed E-state index contributed by atoms with van der Waals surface area (Å²) < 4.78 is 11.1. The highest BCUT2D eigenvalue weighted by Crippen LogP contribution is 2.31. The van der Waals surface area contributed by atoms with Crippen molar-refractivity contribution in [1.29, 1.82) is 0 Å². The normalized spacial score (nSPS) is 17.1. The molecule has 5 nitrogen and oxygen atoms in total. The van der Waals surface area contributed by atoms with Crippen LogP contribution in [0.5, 0.6) is 5.75 Å². The van der Waals surface area contributed by atoms with E-state index in [1.807, 2.05) is 24.3 Å². The number of ether oxygens (including phenoxy) is 1. The van der Waals surface area contributed by atoms with Crippen molar-refractivity contribution in [3.8, 4) is 5.75 Å². The van der Waals surface area contributed by atoms with Crippen LogP contribution >= 0.6 is 0 Å². The predicted octanol–water partition coefficient (Wildman–Crippen LogP) is 2.90. The van der Waals surface area contributed by atoms with Crippen molar-refractivity contribution >= 4 is 5.97 Å². The lowest BCUT2D eigenvalue weighted by atomic mass is 10.0. The van der Waals surface area contributed by atoms with E-state index in [4.69, 9.17) is 14.3 Å². The maximum absolute atomic E-state index is 11.0. The minimum atomic E-state index is -0.959. The zero-order chi connectivity index (χ0) is 14.8. The van der Waals surface area contributed by atoms with Crippen LogP contribution in [0.2, 0.25) is 0 Å². The molecular formula is C16H17NO4. The second-order valence-electron chi connectivity index (χ2n) is 5.10. The number of carboxylic acids is 1. The Morgan fingerprint density at radius 2 is 2.24 bits per heavy atom. The van der Waals surface area contributed by atoms with Gasteiger partial charge in [0.15, 0.2) is 0 Å². The summed E-state index contributed by atoms with van der Waals surface area (Å²) in [6, 6.07) is 9.72. The zero-order valence-corrected chi connectivity index (χ0v) is 11.8. The summed E-state index contributed by atoms with van der Waals surface area (Å²) in [6.45, 7) is 2.83. The summed E-state index contributed by atoms with van der Waals surface area (Å²) in [4.78, 5) is 11.0. The number of hydrogen-bond donors (Lipinski definition) is 2. The molecule has 2 heterocycles. The fourth-order valence-electron chi connectivity index (χ4n) is 2.62. The van der Waals surface area contributed by atoms with E-state index in [0.29, 0.717) is 24.7 Å². The van der Waals surface area contributed by atoms with E-state index in [9.17, 15) is 4.79 Å². The number of hydrogen-bond acceptors (Lipinski definition) is 4. The Hall–Kier alpha value is -2.27. The predicted molar refractivity (Wildman–Crippen MR) is 76.5 cm³/mol. The van der Waals surface area contributed by atoms with Gasteiger partial charge in [-0.05, 0) is 19.1 Å². The molecule has 1 aliphatic heterocycles. The van der Waals surface area contributed by atoms with E-state index in [0.717, 1.165) is 17.7 Å². The van der Waals surface area contributed by atoms with Crippen LogP contribution in [-0.4, -0.2) is 17.7 Å². The first kappa shape index (κ1) is 13.7. The maximum Gasteiger partial charge on any atom is 0.339 e. The third-order valence-electron chi connectivity index (χ3n) is 3.68. The fourth-order valence-corrected chi connectivity index (χ4v) is 2.62. The van der Waals surface area contributed by atoms with Gasteiger partial charge in [0.05, 0.1) is 13.2 Å². The van der Waals surface area contributed by atoms with Gasteiger partial charge < -0.3 is 19.6 Å². The first-order valence-electron chi connectivity index (χ1n) is 6.93. The van der Waals surface area contributed by atoms with Gasteiger partial charge in [-0.2, -0.15) is 0 Å². The molecule has 0 spiro atoms. The van der Waals surface area contributed by atoms with Crippen molar-refractivity contribution in [2.24, 2.45) is 0 Å². The van der Waals surface area contributed by atoms with E-state index in [-0.39, 0.29) is 11.6 Å². The van der Waals surface area contributed by atoms with Crippen molar-refractivity contribution in [3.63, 3.8) is 0 Å². The van der Waals surface area contributed by atoms with Crippen LogP contribution < -0.4 is 10.1 Å². The number of furan rings is 1. The Bertz CT molecular complexity index is 662. The van der Waals surface area contributed by atoms with Crippen LogP contribution in [0.3, 0.4) is 0 Å². The number of carboxylic acid groups (broad SMARTS) is 1. The summed E-state index contributed by atoms with van der Waals surface area (Å²) in [6.07, 6.45) is 0.877. The number of rotatable bonds is 4. The molecule has 0 saturated heterocycles. The van der Waals surface area contributed by atoms with Gasteiger partial charge in [-0.15, -0.1) is 0 Å². The van der Waals surface area contributed by atoms with Crippen molar-refractivity contribution in [1.82, 2.24) is 5.32 Å². The van der Waals surface area contributed by atoms with Crippen molar-refractivity contribution in [2.75, 3.05) is 6.61 Å². The number of aryl methyl sites for hydroxylation is 1. The molecule has 1 unspecified atom stereocenters. The minimum Gasteiger partial charge on any atom is -0.493 e. The first-order valence-corrected chi connectivity index (χ1v) is 6.93. The van der Waals surface area contributed by atoms with Crippen molar-refractivity contribution in [2.45, 2.75) is 25.9 Å². The summed E-state index contributed by atoms with van der Waals surface area (Å²) >= 11 is 0. The molecule has 0 fully saturated rings. The molecule has 21 heavy (non-hydrogen) atoms. The summed E-state index contributed by atoms with van der Waals surface area (Å²) in [5, 5.41) is 12.4. The summed E-state index contributed by atoms with van der Waals surface area (Å²) in [5.74, 6) is 1.02. The summed E-state index contributed by atoms with van der Waals surface area (Å²) in [7, 11) is 0. The lowest BCUT2D eigenvalue weighted by Crippen LogP contribution is -2.26. The number of carbonyl (C=O) groups is 1. The van der Waals surface area contributed by atoms with Gasteiger partial charge in [0, 0.05) is 18.0 Å². The highest BCUT2D eigenvalue weighted by molar-refractivity contribution is 5.88. The van der Waals surface area contributed by atoms with Gasteiger partial charge in [-0.25, -0.2) is 4.79 Å². The smallest absolute Gasteiger partial charge is 0.339 e. The minimum absolute atomic E-state index is 0.189. The molecular weight excluding hydrogens is 270 g/mol. The van der Waals surface area contributed by atoms with Gasteiger partial charge in [0.1, 0.15) is 22.8 Å². The van der Waals surface area contributed by atoms with Gasteiger partial charge in [0.2, 0.25) is 0 Å². The van der Waals surface area contributed by atoms with Gasteiger partial charge >= 0.3 is 5.97 Å². The van der Waals surface area contributed by atoms with E-state index >= 15 is 0 Å². The first-order chi connectivity index (χ1) is 10.1. The summed E-state index contributed by atoms with van der Waals surface area (Å²) in [5.41, 5.74) is 1.35. The average Bonchev–Trinajstić information content (AvgIpc) is 2.86. The zero-order valence-electron chi connectivity index (χ0n) is 11.8. The van der Waals surface area contributed by atoms with E-state index < -0.39 is 5.97 Å². The Kier molecular flexibility index (Phi) is 3.66. The molecule has 110 valence electrons. The maximum atomic E-state index is 11.0. The van der Waals surface area contributed by atoms with Crippen molar-refractivity contribution < 1.29 is 19.1 Å². The Morgan fingerprint density at radius 3 is 3.00 bits per heavy atom. The molecule has 5 heteroatoms. The highest BCUT2D eigenvalue weighted by atomic mass is 16.5. The molecule has 1 atom stereocenters. The van der Waals surface area contributed by atoms with Gasteiger partial charge in [-0.3, -0.25) is 0 Å². The molecule has 0 amide bonds. The molecule has 2 N–H and O–H groups in total. The lowest BCUT2D eigenvalue weighted by Gasteiger charge is -2.26. The van der Waals surface area contributed by atoms with Crippen LogP contribution in [0.25, 0.3) is 0 Å². The van der Waals surface area contributed by atoms with Crippen LogP contribution in [-0.2, 0) is 6.54 Å². The van der Waals surface area contributed by atoms with Crippen LogP contribution in [0, 0.1) is 6.92 Å². The lowest BCUT2D eigenvalue weighted by molar-refractivity contribution is 0.0695. The molecule has 1 aliphatic rings. The Morgan fingerprint density at radius 1 is 1.43 bits per heavy atom. The molecule has 0 aliphatic carbocycles. The van der Waals surface area contributed by atoms with Crippen LogP contribution in [0.15, 0.2) is 34.7 Å². The Balaban J connectivity index is 1.71. The third-order valence-corrected chi connectivity index (χ3v) is 3.68. The van der Waals surface area contributed by atoms with E-state index in [1.165, 1.54) is 0 Å².